The van der Waals surface area contributed by atoms with Gasteiger partial charge in [0, 0.05) is 30.3 Å². The summed E-state index contributed by atoms with van der Waals surface area (Å²) in [7, 11) is 0. The van der Waals surface area contributed by atoms with Crippen molar-refractivity contribution in [3.8, 4) is 6.07 Å². The summed E-state index contributed by atoms with van der Waals surface area (Å²) in [6.45, 7) is 3.15. The van der Waals surface area contributed by atoms with Crippen LogP contribution >= 0.6 is 11.8 Å². The minimum absolute atomic E-state index is 0.0513. The molecule has 0 fully saturated rings. The number of nitrogens with zero attached hydrogens (tertiary/aromatic N) is 3. The second-order valence-corrected chi connectivity index (χ2v) is 9.51. The Morgan fingerprint density at radius 1 is 1.25 bits per heavy atom. The number of carbonyl (C=O) groups excluding carboxylic acids is 2. The highest BCUT2D eigenvalue weighted by Crippen LogP contribution is 2.44. The van der Waals surface area contributed by atoms with E-state index in [1.807, 2.05) is 54.3 Å². The van der Waals surface area contributed by atoms with Crippen LogP contribution in [0.2, 0.25) is 0 Å². The topological polar surface area (TPSA) is 86.1 Å². The number of nitriles is 1. The second-order valence-electron chi connectivity index (χ2n) is 8.27. The average molecular weight is 447 g/mol. The van der Waals surface area contributed by atoms with Crippen LogP contribution in [0.15, 0.2) is 65.3 Å². The van der Waals surface area contributed by atoms with E-state index in [2.05, 4.69) is 16.4 Å². The SMILES string of the molecule is CC(CC(=O)NC1SC2=C(CCN(C(=O)Cc3ccncc3)C2)C1C#N)c1ccccc1. The van der Waals surface area contributed by atoms with E-state index in [9.17, 15) is 14.9 Å². The lowest BCUT2D eigenvalue weighted by Crippen LogP contribution is -2.38. The van der Waals surface area contributed by atoms with Crippen LogP contribution in [-0.2, 0) is 16.0 Å². The Bertz CT molecular complexity index is 1050. The van der Waals surface area contributed by atoms with Crippen LogP contribution in [0.25, 0.3) is 0 Å². The first-order chi connectivity index (χ1) is 15.5. The highest BCUT2D eigenvalue weighted by atomic mass is 32.2. The summed E-state index contributed by atoms with van der Waals surface area (Å²) in [5.41, 5.74) is 3.14. The lowest BCUT2D eigenvalue weighted by Gasteiger charge is -2.28. The zero-order chi connectivity index (χ0) is 22.5. The molecule has 0 aliphatic carbocycles. The first-order valence-electron chi connectivity index (χ1n) is 10.8. The summed E-state index contributed by atoms with van der Waals surface area (Å²) in [5.74, 6) is -0.221. The summed E-state index contributed by atoms with van der Waals surface area (Å²) in [5, 5.41) is 12.6. The van der Waals surface area contributed by atoms with E-state index >= 15 is 0 Å². The molecule has 3 atom stereocenters. The van der Waals surface area contributed by atoms with Gasteiger partial charge >= 0.3 is 0 Å². The van der Waals surface area contributed by atoms with Crippen LogP contribution in [0, 0.1) is 17.2 Å². The molecule has 1 N–H and O–H groups in total. The summed E-state index contributed by atoms with van der Waals surface area (Å²) >= 11 is 1.53. The third-order valence-electron chi connectivity index (χ3n) is 6.05. The highest BCUT2D eigenvalue weighted by Gasteiger charge is 2.39. The molecule has 0 saturated heterocycles. The number of aromatic nitrogens is 1. The molecule has 3 unspecified atom stereocenters. The maximum atomic E-state index is 12.8. The molecule has 2 aromatic rings. The molecular weight excluding hydrogens is 420 g/mol. The fraction of sp³-hybridized carbons (Fsp3) is 0.360. The molecule has 32 heavy (non-hydrogen) atoms. The first-order valence-corrected chi connectivity index (χ1v) is 11.7. The van der Waals surface area contributed by atoms with Crippen LogP contribution < -0.4 is 5.32 Å². The Hall–Kier alpha value is -3.11. The van der Waals surface area contributed by atoms with Gasteiger partial charge in [0.1, 0.15) is 0 Å². The zero-order valence-corrected chi connectivity index (χ0v) is 18.8. The number of nitrogens with one attached hydrogen (secondary N) is 1. The second kappa shape index (κ2) is 10.0. The van der Waals surface area contributed by atoms with Crippen molar-refractivity contribution in [1.29, 1.82) is 5.26 Å². The predicted molar refractivity (Wildman–Crippen MR) is 124 cm³/mol. The lowest BCUT2D eigenvalue weighted by molar-refractivity contribution is -0.130. The Kier molecular flexibility index (Phi) is 6.91. The van der Waals surface area contributed by atoms with E-state index in [1.54, 1.807) is 12.4 Å². The third-order valence-corrected chi connectivity index (χ3v) is 7.37. The number of carbonyl (C=O) groups is 2. The summed E-state index contributed by atoms with van der Waals surface area (Å²) in [6.07, 6.45) is 4.77. The maximum absolute atomic E-state index is 12.8. The van der Waals surface area contributed by atoms with Gasteiger partial charge in [-0.2, -0.15) is 5.26 Å². The van der Waals surface area contributed by atoms with Gasteiger partial charge in [0.05, 0.1) is 30.3 Å². The molecular formula is C25H26N4O2S. The van der Waals surface area contributed by atoms with Crippen molar-refractivity contribution in [3.63, 3.8) is 0 Å². The Labute approximate surface area is 192 Å². The van der Waals surface area contributed by atoms with Crippen LogP contribution in [-0.4, -0.2) is 40.2 Å². The Morgan fingerprint density at radius 3 is 2.72 bits per heavy atom. The van der Waals surface area contributed by atoms with Gasteiger partial charge in [-0.1, -0.05) is 37.3 Å². The average Bonchev–Trinajstić information content (AvgIpc) is 3.16. The number of amides is 2. The molecule has 2 aliphatic heterocycles. The van der Waals surface area contributed by atoms with Gasteiger partial charge in [-0.3, -0.25) is 14.6 Å². The summed E-state index contributed by atoms with van der Waals surface area (Å²) in [6, 6.07) is 16.1. The molecule has 4 rings (SSSR count). The molecule has 2 aliphatic rings. The van der Waals surface area contributed by atoms with Crippen molar-refractivity contribution in [2.45, 2.75) is 37.5 Å². The van der Waals surface area contributed by atoms with Gasteiger partial charge in [0.15, 0.2) is 0 Å². The Morgan fingerprint density at radius 2 is 2.00 bits per heavy atom. The molecule has 1 aromatic heterocycles. The van der Waals surface area contributed by atoms with Gasteiger partial charge in [-0.25, -0.2) is 0 Å². The minimum atomic E-state index is -0.344. The van der Waals surface area contributed by atoms with E-state index in [1.165, 1.54) is 11.8 Å². The predicted octanol–water partition coefficient (Wildman–Crippen LogP) is 3.63. The molecule has 1 aromatic carbocycles. The summed E-state index contributed by atoms with van der Waals surface area (Å²) < 4.78 is 0. The van der Waals surface area contributed by atoms with Gasteiger partial charge in [0.2, 0.25) is 11.8 Å². The van der Waals surface area contributed by atoms with E-state index < -0.39 is 0 Å². The number of hydrogen-bond donors (Lipinski definition) is 1. The smallest absolute Gasteiger partial charge is 0.227 e. The van der Waals surface area contributed by atoms with E-state index in [0.29, 0.717) is 32.4 Å². The molecule has 0 radical (unpaired) electrons. The standard InChI is InChI=1S/C25H26N4O2S/c1-17(19-5-3-2-4-6-19)13-23(30)28-25-21(15-26)20-9-12-29(16-22(20)32-25)24(31)14-18-7-10-27-11-8-18/h2-8,10-11,17,21,25H,9,12-14,16H2,1H3,(H,28,30). The minimum Gasteiger partial charge on any atom is -0.342 e. The summed E-state index contributed by atoms with van der Waals surface area (Å²) in [4.78, 5) is 32.4. The number of rotatable bonds is 6. The van der Waals surface area contributed by atoms with Gasteiger partial charge in [0.25, 0.3) is 0 Å². The molecule has 0 bridgehead atoms. The van der Waals surface area contributed by atoms with Crippen molar-refractivity contribution in [2.75, 3.05) is 13.1 Å². The normalized spacial score (nSPS) is 20.9. The van der Waals surface area contributed by atoms with Crippen molar-refractivity contribution < 1.29 is 9.59 Å². The maximum Gasteiger partial charge on any atom is 0.227 e. The van der Waals surface area contributed by atoms with Crippen molar-refractivity contribution >= 4 is 23.6 Å². The van der Waals surface area contributed by atoms with E-state index in [0.717, 1.165) is 21.6 Å². The van der Waals surface area contributed by atoms with Gasteiger partial charge < -0.3 is 10.2 Å². The third kappa shape index (κ3) is 5.03. The largest absolute Gasteiger partial charge is 0.342 e. The molecule has 0 saturated carbocycles. The number of benzene rings is 1. The van der Waals surface area contributed by atoms with Crippen molar-refractivity contribution in [1.82, 2.24) is 15.2 Å². The van der Waals surface area contributed by atoms with Crippen LogP contribution in [0.5, 0.6) is 0 Å². The van der Waals surface area contributed by atoms with Crippen LogP contribution in [0.3, 0.4) is 0 Å². The van der Waals surface area contributed by atoms with Gasteiger partial charge in [-0.05, 0) is 41.2 Å². The molecule has 3 heterocycles. The monoisotopic (exact) mass is 446 g/mol. The van der Waals surface area contributed by atoms with Crippen LogP contribution in [0.4, 0.5) is 0 Å². The quantitative estimate of drug-likeness (QED) is 0.732. The van der Waals surface area contributed by atoms with Gasteiger partial charge in [-0.15, -0.1) is 11.8 Å². The van der Waals surface area contributed by atoms with Crippen molar-refractivity contribution in [2.24, 2.45) is 5.92 Å². The van der Waals surface area contributed by atoms with E-state index in [4.69, 9.17) is 0 Å². The van der Waals surface area contributed by atoms with E-state index in [-0.39, 0.29) is 29.0 Å². The van der Waals surface area contributed by atoms with Crippen LogP contribution in [0.1, 0.15) is 36.8 Å². The lowest BCUT2D eigenvalue weighted by atomic mass is 9.93. The van der Waals surface area contributed by atoms with Crippen molar-refractivity contribution in [3.05, 3.63) is 76.5 Å². The number of hydrogen-bond acceptors (Lipinski definition) is 5. The number of pyridine rings is 1. The molecule has 7 heteroatoms. The molecule has 2 amide bonds. The highest BCUT2D eigenvalue weighted by molar-refractivity contribution is 8.04. The fourth-order valence-electron chi connectivity index (χ4n) is 4.25. The Balaban J connectivity index is 1.35. The fourth-order valence-corrected chi connectivity index (χ4v) is 5.72. The number of thioether (sulfide) groups is 1. The molecule has 164 valence electrons. The molecule has 6 nitrogen and oxygen atoms in total. The molecule has 0 spiro atoms. The first kappa shape index (κ1) is 22.1. The zero-order valence-electron chi connectivity index (χ0n) is 18.0.